The van der Waals surface area contributed by atoms with E-state index in [0.29, 0.717) is 6.04 Å². The fraction of sp³-hybridized carbons (Fsp3) is 0.280. The summed E-state index contributed by atoms with van der Waals surface area (Å²) in [6.45, 7) is 8.86. The Morgan fingerprint density at radius 2 is 1.65 bits per heavy atom. The molecule has 6 heteroatoms. The first kappa shape index (κ1) is 19.6. The average Bonchev–Trinajstić information content (AvgIpc) is 3.22. The van der Waals surface area contributed by atoms with Crippen molar-refractivity contribution in [3.05, 3.63) is 67.1 Å². The number of nitrogens with zero attached hydrogens (tertiary/aromatic N) is 5. The third kappa shape index (κ3) is 3.86. The van der Waals surface area contributed by atoms with Crippen molar-refractivity contribution in [3.63, 3.8) is 0 Å². The molecule has 1 N–H and O–H groups in total. The Bertz CT molecular complexity index is 1190. The second-order valence-corrected chi connectivity index (χ2v) is 8.36. The van der Waals surface area contributed by atoms with Crippen molar-refractivity contribution in [2.75, 3.05) is 31.1 Å². The number of piperazine rings is 1. The van der Waals surface area contributed by atoms with E-state index in [1.807, 2.05) is 28.9 Å². The van der Waals surface area contributed by atoms with Crippen molar-refractivity contribution >= 4 is 11.3 Å². The molecule has 158 valence electrons. The summed E-state index contributed by atoms with van der Waals surface area (Å²) < 4.78 is 2.02. The molecule has 0 unspecified atom stereocenters. The molecule has 31 heavy (non-hydrogen) atoms. The quantitative estimate of drug-likeness (QED) is 0.541. The van der Waals surface area contributed by atoms with Crippen LogP contribution in [-0.2, 0) is 0 Å². The predicted octanol–water partition coefficient (Wildman–Crippen LogP) is 4.30. The van der Waals surface area contributed by atoms with Crippen molar-refractivity contribution in [3.8, 4) is 28.3 Å². The van der Waals surface area contributed by atoms with Gasteiger partial charge in [-0.2, -0.15) is 0 Å². The molecule has 0 radical (unpaired) electrons. The number of fused-ring (bicyclic) bond motifs is 1. The highest BCUT2D eigenvalue weighted by atomic mass is 16.3. The lowest BCUT2D eigenvalue weighted by molar-refractivity contribution is 0.209. The van der Waals surface area contributed by atoms with Crippen LogP contribution in [0.1, 0.15) is 13.8 Å². The molecular formula is C25H27N5O. The molecule has 0 saturated carbocycles. The van der Waals surface area contributed by atoms with Crippen LogP contribution in [0.3, 0.4) is 0 Å². The average molecular weight is 414 g/mol. The number of aromatic hydroxyl groups is 1. The van der Waals surface area contributed by atoms with Gasteiger partial charge >= 0.3 is 0 Å². The Kier molecular flexibility index (Phi) is 5.08. The third-order valence-electron chi connectivity index (χ3n) is 6.11. The Balaban J connectivity index is 1.40. The number of hydrogen-bond donors (Lipinski definition) is 1. The molecule has 2 aromatic carbocycles. The zero-order chi connectivity index (χ0) is 21.4. The molecule has 0 atom stereocenters. The van der Waals surface area contributed by atoms with Gasteiger partial charge in [0.05, 0.1) is 23.8 Å². The summed E-state index contributed by atoms with van der Waals surface area (Å²) in [4.78, 5) is 14.1. The molecular weight excluding hydrogens is 386 g/mol. The van der Waals surface area contributed by atoms with Crippen LogP contribution in [0.2, 0.25) is 0 Å². The largest absolute Gasteiger partial charge is 0.508 e. The van der Waals surface area contributed by atoms with Crippen molar-refractivity contribution in [2.24, 2.45) is 0 Å². The Hall–Kier alpha value is -3.38. The number of benzene rings is 2. The van der Waals surface area contributed by atoms with Crippen LogP contribution in [0.5, 0.6) is 5.75 Å². The molecule has 1 fully saturated rings. The van der Waals surface area contributed by atoms with E-state index in [1.54, 1.807) is 18.3 Å². The molecule has 6 nitrogen and oxygen atoms in total. The molecule has 0 spiro atoms. The van der Waals surface area contributed by atoms with Crippen molar-refractivity contribution in [2.45, 2.75) is 19.9 Å². The van der Waals surface area contributed by atoms with Crippen LogP contribution >= 0.6 is 0 Å². The fourth-order valence-electron chi connectivity index (χ4n) is 4.26. The van der Waals surface area contributed by atoms with Crippen molar-refractivity contribution in [1.29, 1.82) is 0 Å². The van der Waals surface area contributed by atoms with Gasteiger partial charge in [-0.25, -0.2) is 4.98 Å². The van der Waals surface area contributed by atoms with Gasteiger partial charge in [0.1, 0.15) is 5.75 Å². The summed E-state index contributed by atoms with van der Waals surface area (Å²) >= 11 is 0. The van der Waals surface area contributed by atoms with Gasteiger partial charge in [0.15, 0.2) is 5.65 Å². The first-order valence-corrected chi connectivity index (χ1v) is 10.8. The highest BCUT2D eigenvalue weighted by molar-refractivity contribution is 5.68. The Morgan fingerprint density at radius 3 is 2.35 bits per heavy atom. The van der Waals surface area contributed by atoms with Gasteiger partial charge in [0, 0.05) is 55.2 Å². The SMILES string of the molecule is CC(C)N1CCN(c2ccc(-c3cn4c(-c5cccc(O)c5)cnc4cn3)cc2)CC1. The van der Waals surface area contributed by atoms with Gasteiger partial charge in [-0.05, 0) is 38.1 Å². The zero-order valence-corrected chi connectivity index (χ0v) is 17.9. The van der Waals surface area contributed by atoms with E-state index in [-0.39, 0.29) is 5.75 Å². The van der Waals surface area contributed by atoms with E-state index in [4.69, 9.17) is 0 Å². The lowest BCUT2D eigenvalue weighted by Gasteiger charge is -2.38. The zero-order valence-electron chi connectivity index (χ0n) is 17.9. The minimum Gasteiger partial charge on any atom is -0.508 e. The van der Waals surface area contributed by atoms with E-state index in [2.05, 4.69) is 57.9 Å². The molecule has 4 aromatic rings. The van der Waals surface area contributed by atoms with Gasteiger partial charge in [-0.15, -0.1) is 0 Å². The summed E-state index contributed by atoms with van der Waals surface area (Å²) in [7, 11) is 0. The number of phenols is 1. The van der Waals surface area contributed by atoms with E-state index >= 15 is 0 Å². The minimum atomic E-state index is 0.242. The first-order chi connectivity index (χ1) is 15.1. The highest BCUT2D eigenvalue weighted by Gasteiger charge is 2.19. The summed E-state index contributed by atoms with van der Waals surface area (Å²) in [5.41, 5.74) is 5.85. The molecule has 1 aliphatic rings. The summed E-state index contributed by atoms with van der Waals surface area (Å²) in [6, 6.07) is 16.5. The minimum absolute atomic E-state index is 0.242. The van der Waals surface area contributed by atoms with Crippen molar-refractivity contribution in [1.82, 2.24) is 19.3 Å². The molecule has 2 aromatic heterocycles. The van der Waals surface area contributed by atoms with Crippen LogP contribution < -0.4 is 4.90 Å². The standard InChI is InChI=1S/C25H27N5O/c1-18(2)28-10-12-29(13-11-28)21-8-6-19(7-9-21)23-17-30-24(15-27-25(30)16-26-23)20-4-3-5-22(31)14-20/h3-9,14-18,31H,10-13H2,1-2H3. The monoisotopic (exact) mass is 413 g/mol. The third-order valence-corrected chi connectivity index (χ3v) is 6.11. The molecule has 3 heterocycles. The first-order valence-electron chi connectivity index (χ1n) is 10.8. The van der Waals surface area contributed by atoms with Crippen LogP contribution in [0, 0.1) is 0 Å². The predicted molar refractivity (Wildman–Crippen MR) is 124 cm³/mol. The van der Waals surface area contributed by atoms with E-state index in [0.717, 1.165) is 54.3 Å². The van der Waals surface area contributed by atoms with Gasteiger partial charge in [0.25, 0.3) is 0 Å². The molecule has 0 bridgehead atoms. The lowest BCUT2D eigenvalue weighted by atomic mass is 10.1. The number of anilines is 1. The Labute approximate surface area is 182 Å². The topological polar surface area (TPSA) is 56.9 Å². The van der Waals surface area contributed by atoms with E-state index in [1.165, 1.54) is 5.69 Å². The van der Waals surface area contributed by atoms with Crippen LogP contribution in [0.15, 0.2) is 67.1 Å². The molecule has 0 amide bonds. The van der Waals surface area contributed by atoms with Crippen LogP contribution in [0.25, 0.3) is 28.2 Å². The number of imidazole rings is 1. The fourth-order valence-corrected chi connectivity index (χ4v) is 4.26. The van der Waals surface area contributed by atoms with Gasteiger partial charge < -0.3 is 10.0 Å². The van der Waals surface area contributed by atoms with Crippen LogP contribution in [0.4, 0.5) is 5.69 Å². The molecule has 0 aliphatic carbocycles. The lowest BCUT2D eigenvalue weighted by Crippen LogP contribution is -2.48. The summed E-state index contributed by atoms with van der Waals surface area (Å²) in [5, 5.41) is 9.84. The molecule has 5 rings (SSSR count). The maximum Gasteiger partial charge on any atom is 0.155 e. The summed E-state index contributed by atoms with van der Waals surface area (Å²) in [5.74, 6) is 0.242. The van der Waals surface area contributed by atoms with E-state index in [9.17, 15) is 5.11 Å². The molecule has 1 saturated heterocycles. The molecule has 1 aliphatic heterocycles. The number of phenolic OH excluding ortho intramolecular Hbond substituents is 1. The maximum absolute atomic E-state index is 9.84. The van der Waals surface area contributed by atoms with Crippen LogP contribution in [-0.4, -0.2) is 56.6 Å². The normalized spacial score (nSPS) is 15.1. The van der Waals surface area contributed by atoms with Crippen molar-refractivity contribution < 1.29 is 5.11 Å². The maximum atomic E-state index is 9.84. The number of hydrogen-bond acceptors (Lipinski definition) is 5. The second-order valence-electron chi connectivity index (χ2n) is 8.36. The number of aromatic nitrogens is 3. The van der Waals surface area contributed by atoms with Gasteiger partial charge in [-0.3, -0.25) is 14.3 Å². The Morgan fingerprint density at radius 1 is 0.871 bits per heavy atom. The summed E-state index contributed by atoms with van der Waals surface area (Å²) in [6.07, 6.45) is 5.62. The number of rotatable bonds is 4. The van der Waals surface area contributed by atoms with E-state index < -0.39 is 0 Å². The highest BCUT2D eigenvalue weighted by Crippen LogP contribution is 2.27. The van der Waals surface area contributed by atoms with Gasteiger partial charge in [0.2, 0.25) is 0 Å². The smallest absolute Gasteiger partial charge is 0.155 e. The van der Waals surface area contributed by atoms with Gasteiger partial charge in [-0.1, -0.05) is 24.3 Å². The second kappa shape index (κ2) is 8.04.